The summed E-state index contributed by atoms with van der Waals surface area (Å²) in [5.74, 6) is -2.79. The Morgan fingerprint density at radius 2 is 2.05 bits per heavy atom. The number of amides is 1. The van der Waals surface area contributed by atoms with Gasteiger partial charge in [0.25, 0.3) is 5.91 Å². The number of hydrogen-bond acceptors (Lipinski definition) is 3. The van der Waals surface area contributed by atoms with Gasteiger partial charge in [0.05, 0.1) is 11.6 Å². The van der Waals surface area contributed by atoms with Crippen LogP contribution in [0.25, 0.3) is 0 Å². The molecule has 6 heteroatoms. The molecule has 0 spiro atoms. The lowest BCUT2D eigenvalue weighted by atomic mass is 10.2. The summed E-state index contributed by atoms with van der Waals surface area (Å²) in [4.78, 5) is 23.0. The van der Waals surface area contributed by atoms with Gasteiger partial charge in [0.15, 0.2) is 6.10 Å². The average Bonchev–Trinajstić information content (AvgIpc) is 3.16. The highest BCUT2D eigenvalue weighted by Gasteiger charge is 2.33. The van der Waals surface area contributed by atoms with Crippen LogP contribution < -0.4 is 5.32 Å². The van der Waals surface area contributed by atoms with Crippen LogP contribution in [0.15, 0.2) is 18.2 Å². The third kappa shape index (κ3) is 3.49. The van der Waals surface area contributed by atoms with Crippen LogP contribution in [-0.4, -0.2) is 18.0 Å². The van der Waals surface area contributed by atoms with Gasteiger partial charge in [0.1, 0.15) is 11.6 Å². The van der Waals surface area contributed by atoms with Gasteiger partial charge in [-0.2, -0.15) is 0 Å². The van der Waals surface area contributed by atoms with Gasteiger partial charge in [0, 0.05) is 6.07 Å². The summed E-state index contributed by atoms with van der Waals surface area (Å²) in [6.45, 7) is 1.40. The number of nitrogens with one attached hydrogen (secondary N) is 1. The first-order valence-corrected chi connectivity index (χ1v) is 5.94. The highest BCUT2D eigenvalue weighted by atomic mass is 19.1. The molecule has 1 saturated carbocycles. The highest BCUT2D eigenvalue weighted by Crippen LogP contribution is 2.30. The molecule has 0 heterocycles. The molecule has 4 nitrogen and oxygen atoms in total. The van der Waals surface area contributed by atoms with Crippen molar-refractivity contribution < 1.29 is 23.1 Å². The SMILES string of the molecule is C[C@H](OC(=O)C1CC1)C(=O)Nc1ccc(F)cc1F. The van der Waals surface area contributed by atoms with Crippen LogP contribution in [0.1, 0.15) is 19.8 Å². The molecule has 1 aromatic rings. The zero-order valence-corrected chi connectivity index (χ0v) is 10.3. The number of anilines is 1. The number of ether oxygens (including phenoxy) is 1. The van der Waals surface area contributed by atoms with Gasteiger partial charge < -0.3 is 10.1 Å². The van der Waals surface area contributed by atoms with E-state index in [-0.39, 0.29) is 11.6 Å². The summed E-state index contributed by atoms with van der Waals surface area (Å²) < 4.78 is 30.9. The molecular formula is C13H13F2NO3. The average molecular weight is 269 g/mol. The molecule has 0 bridgehead atoms. The van der Waals surface area contributed by atoms with Crippen molar-refractivity contribution in [1.29, 1.82) is 0 Å². The van der Waals surface area contributed by atoms with E-state index < -0.39 is 29.6 Å². The monoisotopic (exact) mass is 269 g/mol. The fourth-order valence-electron chi connectivity index (χ4n) is 1.47. The number of hydrogen-bond donors (Lipinski definition) is 1. The van der Waals surface area contributed by atoms with Crippen LogP contribution in [0, 0.1) is 17.6 Å². The largest absolute Gasteiger partial charge is 0.452 e. The van der Waals surface area contributed by atoms with E-state index >= 15 is 0 Å². The summed E-state index contributed by atoms with van der Waals surface area (Å²) in [5.41, 5.74) is -0.152. The third-order valence-corrected chi connectivity index (χ3v) is 2.76. The zero-order valence-electron chi connectivity index (χ0n) is 10.3. The van der Waals surface area contributed by atoms with Crippen LogP contribution in [-0.2, 0) is 14.3 Å². The predicted molar refractivity (Wildman–Crippen MR) is 63.3 cm³/mol. The summed E-state index contributed by atoms with van der Waals surface area (Å²) in [7, 11) is 0. The van der Waals surface area contributed by atoms with Gasteiger partial charge in [-0.3, -0.25) is 9.59 Å². The molecule has 0 aromatic heterocycles. The standard InChI is InChI=1S/C13H13F2NO3/c1-7(19-13(18)8-2-3-8)12(17)16-11-5-4-9(14)6-10(11)15/h4-8H,2-3H2,1H3,(H,16,17)/t7-/m0/s1. The number of carbonyl (C=O) groups excluding carboxylic acids is 2. The van der Waals surface area contributed by atoms with Crippen LogP contribution in [0.2, 0.25) is 0 Å². The van der Waals surface area contributed by atoms with Crippen molar-refractivity contribution in [1.82, 2.24) is 0 Å². The Labute approximate surface area is 108 Å². The smallest absolute Gasteiger partial charge is 0.309 e. The van der Waals surface area contributed by atoms with E-state index in [1.54, 1.807) is 0 Å². The molecule has 19 heavy (non-hydrogen) atoms. The first-order chi connectivity index (χ1) is 8.97. The van der Waals surface area contributed by atoms with Gasteiger partial charge in [0.2, 0.25) is 0 Å². The first-order valence-electron chi connectivity index (χ1n) is 5.94. The Bertz CT molecular complexity index is 515. The molecule has 0 aliphatic heterocycles. The lowest BCUT2D eigenvalue weighted by Crippen LogP contribution is -2.30. The Balaban J connectivity index is 1.93. The van der Waals surface area contributed by atoms with Crippen molar-refractivity contribution in [3.8, 4) is 0 Å². The van der Waals surface area contributed by atoms with Crippen LogP contribution in [0.4, 0.5) is 14.5 Å². The van der Waals surface area contributed by atoms with E-state index in [1.807, 2.05) is 0 Å². The maximum absolute atomic E-state index is 13.3. The molecular weight excluding hydrogens is 256 g/mol. The van der Waals surface area contributed by atoms with E-state index in [9.17, 15) is 18.4 Å². The molecule has 0 saturated heterocycles. The molecule has 102 valence electrons. The topological polar surface area (TPSA) is 55.4 Å². The Morgan fingerprint density at radius 1 is 1.37 bits per heavy atom. The second-order valence-electron chi connectivity index (χ2n) is 4.47. The fraction of sp³-hybridized carbons (Fsp3) is 0.385. The summed E-state index contributed by atoms with van der Waals surface area (Å²) >= 11 is 0. The van der Waals surface area contributed by atoms with Crippen LogP contribution in [0.3, 0.4) is 0 Å². The fourth-order valence-corrected chi connectivity index (χ4v) is 1.47. The minimum atomic E-state index is -1.02. The number of esters is 1. The molecule has 1 amide bonds. The number of carbonyl (C=O) groups is 2. The highest BCUT2D eigenvalue weighted by molar-refractivity contribution is 5.95. The van der Waals surface area contributed by atoms with Crippen molar-refractivity contribution in [2.75, 3.05) is 5.32 Å². The third-order valence-electron chi connectivity index (χ3n) is 2.76. The van der Waals surface area contributed by atoms with E-state index in [1.165, 1.54) is 6.92 Å². The van der Waals surface area contributed by atoms with Crippen molar-refractivity contribution in [2.24, 2.45) is 5.92 Å². The number of halogens is 2. The molecule has 1 aromatic carbocycles. The maximum atomic E-state index is 13.3. The number of benzene rings is 1. The van der Waals surface area contributed by atoms with Gasteiger partial charge in [-0.05, 0) is 31.9 Å². The first kappa shape index (κ1) is 13.5. The second-order valence-corrected chi connectivity index (χ2v) is 4.47. The quantitative estimate of drug-likeness (QED) is 0.853. The van der Waals surface area contributed by atoms with E-state index in [0.717, 1.165) is 25.0 Å². The minimum absolute atomic E-state index is 0.113. The van der Waals surface area contributed by atoms with E-state index in [4.69, 9.17) is 4.74 Å². The zero-order chi connectivity index (χ0) is 14.0. The molecule has 1 atom stereocenters. The Kier molecular flexibility index (Phi) is 3.78. The Hall–Kier alpha value is -1.98. The summed E-state index contributed by atoms with van der Waals surface area (Å²) in [6.07, 6.45) is 0.539. The maximum Gasteiger partial charge on any atom is 0.309 e. The van der Waals surface area contributed by atoms with Crippen molar-refractivity contribution >= 4 is 17.6 Å². The molecule has 1 fully saturated rings. The Morgan fingerprint density at radius 3 is 2.63 bits per heavy atom. The van der Waals surface area contributed by atoms with Crippen LogP contribution in [0.5, 0.6) is 0 Å². The second kappa shape index (κ2) is 5.34. The summed E-state index contributed by atoms with van der Waals surface area (Å²) in [6, 6.07) is 2.80. The van der Waals surface area contributed by atoms with Crippen molar-refractivity contribution in [2.45, 2.75) is 25.9 Å². The van der Waals surface area contributed by atoms with Crippen molar-refractivity contribution in [3.63, 3.8) is 0 Å². The molecule has 1 aliphatic carbocycles. The molecule has 0 radical (unpaired) electrons. The van der Waals surface area contributed by atoms with Crippen molar-refractivity contribution in [3.05, 3.63) is 29.8 Å². The molecule has 1 aliphatic rings. The summed E-state index contributed by atoms with van der Waals surface area (Å²) in [5, 5.41) is 2.24. The minimum Gasteiger partial charge on any atom is -0.452 e. The van der Waals surface area contributed by atoms with E-state index in [2.05, 4.69) is 5.32 Å². The lowest BCUT2D eigenvalue weighted by Gasteiger charge is -2.13. The van der Waals surface area contributed by atoms with Gasteiger partial charge in [-0.1, -0.05) is 0 Å². The number of rotatable bonds is 4. The molecule has 1 N–H and O–H groups in total. The van der Waals surface area contributed by atoms with Gasteiger partial charge >= 0.3 is 5.97 Å². The normalized spacial score (nSPS) is 15.7. The van der Waals surface area contributed by atoms with Gasteiger partial charge in [-0.25, -0.2) is 8.78 Å². The predicted octanol–water partition coefficient (Wildman–Crippen LogP) is 2.25. The molecule has 0 unspecified atom stereocenters. The lowest BCUT2D eigenvalue weighted by molar-refractivity contribution is -0.154. The molecule has 2 rings (SSSR count). The van der Waals surface area contributed by atoms with E-state index in [0.29, 0.717) is 6.07 Å². The van der Waals surface area contributed by atoms with Crippen LogP contribution >= 0.6 is 0 Å². The van der Waals surface area contributed by atoms with Gasteiger partial charge in [-0.15, -0.1) is 0 Å².